The molecule has 1 aromatic carbocycles. The third-order valence-corrected chi connectivity index (χ3v) is 4.12. The summed E-state index contributed by atoms with van der Waals surface area (Å²) in [5.41, 5.74) is 4.56. The van der Waals surface area contributed by atoms with E-state index in [4.69, 9.17) is 5.73 Å². The van der Waals surface area contributed by atoms with Gasteiger partial charge in [-0.15, -0.1) is 0 Å². The molecule has 108 valence electrons. The van der Waals surface area contributed by atoms with E-state index >= 15 is 0 Å². The molecule has 0 saturated heterocycles. The molecule has 0 radical (unpaired) electrons. The molecule has 6 nitrogen and oxygen atoms in total. The number of rotatable bonds is 3. The fourth-order valence-corrected chi connectivity index (χ4v) is 2.87. The van der Waals surface area contributed by atoms with Crippen LogP contribution in [-0.4, -0.2) is 29.8 Å². The van der Waals surface area contributed by atoms with Gasteiger partial charge in [-0.25, -0.2) is 0 Å². The molecule has 21 heavy (non-hydrogen) atoms. The zero-order valence-corrected chi connectivity index (χ0v) is 14.2. The van der Waals surface area contributed by atoms with Gasteiger partial charge in [-0.1, -0.05) is 36.4 Å². The molecular weight excluding hydrogens is 303 g/mol. The zero-order valence-electron chi connectivity index (χ0n) is 12.4. The molecule has 0 aliphatic heterocycles. The molecule has 2 atom stereocenters. The Morgan fingerprint density at radius 1 is 1.29 bits per heavy atom. The van der Waals surface area contributed by atoms with Gasteiger partial charge in [-0.2, -0.15) is 8.42 Å². The fourth-order valence-electron chi connectivity index (χ4n) is 1.95. The van der Waals surface area contributed by atoms with E-state index in [0.717, 1.165) is 0 Å². The number of carbonyl (C=O) groups is 1. The van der Waals surface area contributed by atoms with Crippen molar-refractivity contribution in [2.24, 2.45) is 5.73 Å². The Balaban J connectivity index is 0.00000220. The quantitative estimate of drug-likeness (QED) is 0.326. The van der Waals surface area contributed by atoms with Crippen LogP contribution in [0.3, 0.4) is 0 Å². The molecule has 0 saturated carbocycles. The number of benzene rings is 1. The average molecular weight is 318 g/mol. The maximum atomic E-state index is 12.1. The van der Waals surface area contributed by atoms with Gasteiger partial charge in [0.2, 0.25) is 0 Å². The van der Waals surface area contributed by atoms with Gasteiger partial charge in [-0.3, -0.25) is 9.35 Å². The Labute approximate surface area is 146 Å². The summed E-state index contributed by atoms with van der Waals surface area (Å²) in [4.78, 5) is 12.1. The van der Waals surface area contributed by atoms with Crippen molar-refractivity contribution in [1.29, 1.82) is 0 Å². The van der Waals surface area contributed by atoms with E-state index < -0.39 is 26.9 Å². The normalized spacial score (nSPS) is 24.2. The van der Waals surface area contributed by atoms with E-state index in [0.29, 0.717) is 5.56 Å². The molecule has 0 bridgehead atoms. The largest absolute Gasteiger partial charge is 1.00 e. The van der Waals surface area contributed by atoms with Gasteiger partial charge in [-0.05, 0) is 18.2 Å². The van der Waals surface area contributed by atoms with Crippen molar-refractivity contribution in [3.8, 4) is 0 Å². The first-order chi connectivity index (χ1) is 9.33. The molecule has 0 aromatic heterocycles. The first-order valence-corrected chi connectivity index (χ1v) is 7.32. The minimum absolute atomic E-state index is 0. The third-order valence-electron chi connectivity index (χ3n) is 2.93. The molecule has 4 N–H and O–H groups in total. The van der Waals surface area contributed by atoms with Gasteiger partial charge in [0.15, 0.2) is 0 Å². The smallest absolute Gasteiger partial charge is 1.00 e. The van der Waals surface area contributed by atoms with Crippen molar-refractivity contribution in [3.63, 3.8) is 0 Å². The van der Waals surface area contributed by atoms with Crippen molar-refractivity contribution in [3.05, 3.63) is 60.2 Å². The molecule has 1 aliphatic carbocycles. The minimum Gasteiger partial charge on any atom is -1.00 e. The molecule has 1 aliphatic rings. The topological polar surface area (TPSA) is 109 Å². The van der Waals surface area contributed by atoms with Crippen LogP contribution in [0.1, 0.15) is 11.8 Å². The summed E-state index contributed by atoms with van der Waals surface area (Å²) in [6.45, 7) is 0. The molecule has 1 aromatic rings. The summed E-state index contributed by atoms with van der Waals surface area (Å²) in [5, 5.41) is 0.992. The first-order valence-electron chi connectivity index (χ1n) is 5.82. The van der Waals surface area contributed by atoms with Crippen LogP contribution in [0, 0.1) is 0 Å². The molecule has 2 rings (SSSR count). The van der Waals surface area contributed by atoms with E-state index in [1.165, 1.54) is 24.3 Å². The first kappa shape index (κ1) is 18.1. The Bertz CT molecular complexity index is 679. The second kappa shape index (κ2) is 6.87. The molecule has 8 heteroatoms. The third kappa shape index (κ3) is 4.26. The van der Waals surface area contributed by atoms with Crippen LogP contribution in [0.4, 0.5) is 0 Å². The van der Waals surface area contributed by atoms with E-state index in [2.05, 4.69) is 5.32 Å². The summed E-state index contributed by atoms with van der Waals surface area (Å²) in [5.74, 6) is -0.526. The number of nitrogens with two attached hydrogens (primary N) is 1. The van der Waals surface area contributed by atoms with Gasteiger partial charge in [0.25, 0.3) is 16.0 Å². The van der Waals surface area contributed by atoms with Crippen LogP contribution in [0.15, 0.2) is 54.6 Å². The van der Waals surface area contributed by atoms with E-state index in [9.17, 15) is 17.8 Å². The van der Waals surface area contributed by atoms with Crippen LogP contribution in [0.25, 0.3) is 0 Å². The Morgan fingerprint density at radius 2 is 1.90 bits per heavy atom. The SMILES string of the molecule is NC1(NC(=O)c2ccccc2)C=CC=CC1S(=O)(=O)O.[H-].[Na+]. The van der Waals surface area contributed by atoms with Crippen LogP contribution in [0.5, 0.6) is 0 Å². The van der Waals surface area contributed by atoms with Gasteiger partial charge < -0.3 is 12.5 Å². The van der Waals surface area contributed by atoms with Crippen molar-refractivity contribution < 1.29 is 48.7 Å². The maximum absolute atomic E-state index is 12.1. The predicted molar refractivity (Wildman–Crippen MR) is 75.6 cm³/mol. The summed E-state index contributed by atoms with van der Waals surface area (Å²) >= 11 is 0. The van der Waals surface area contributed by atoms with Crippen LogP contribution in [0.2, 0.25) is 0 Å². The average Bonchev–Trinajstić information content (AvgIpc) is 2.38. The second-order valence-electron chi connectivity index (χ2n) is 4.43. The summed E-state index contributed by atoms with van der Waals surface area (Å²) < 4.78 is 31.9. The number of carbonyl (C=O) groups excluding carboxylic acids is 1. The molecule has 0 fully saturated rings. The van der Waals surface area contributed by atoms with Gasteiger partial charge in [0.1, 0.15) is 10.9 Å². The minimum atomic E-state index is -4.44. The summed E-state index contributed by atoms with van der Waals surface area (Å²) in [6.07, 6.45) is 5.50. The standard InChI is InChI=1S/C13H14N2O4S.Na.H/c14-13(9-5-4-8-11(13)20(17,18)19)15-12(16)10-6-2-1-3-7-10;;/h1-9,11H,14H2,(H,15,16)(H,17,18,19);;/q;+1;-1. The van der Waals surface area contributed by atoms with E-state index in [1.807, 2.05) is 0 Å². The second-order valence-corrected chi connectivity index (χ2v) is 5.97. The van der Waals surface area contributed by atoms with Crippen LogP contribution >= 0.6 is 0 Å². The van der Waals surface area contributed by atoms with Crippen LogP contribution < -0.4 is 40.6 Å². The van der Waals surface area contributed by atoms with Crippen LogP contribution in [-0.2, 0) is 10.1 Å². The monoisotopic (exact) mass is 318 g/mol. The number of hydrogen-bond donors (Lipinski definition) is 3. The number of hydrogen-bond acceptors (Lipinski definition) is 4. The Hall–Kier alpha value is -0.960. The Kier molecular flexibility index (Phi) is 5.92. The molecular formula is C13H15N2NaO4S. The summed E-state index contributed by atoms with van der Waals surface area (Å²) in [7, 11) is -4.44. The zero-order chi connectivity index (χ0) is 14.8. The predicted octanol–water partition coefficient (Wildman–Crippen LogP) is -2.43. The molecule has 2 unspecified atom stereocenters. The number of nitrogens with one attached hydrogen (secondary N) is 1. The van der Waals surface area contributed by atoms with Crippen molar-refractivity contribution in [2.75, 3.05) is 0 Å². The van der Waals surface area contributed by atoms with Crippen molar-refractivity contribution in [2.45, 2.75) is 10.9 Å². The molecule has 1 amide bonds. The van der Waals surface area contributed by atoms with Crippen molar-refractivity contribution in [1.82, 2.24) is 5.32 Å². The van der Waals surface area contributed by atoms with Gasteiger partial charge in [0, 0.05) is 5.56 Å². The molecule has 0 spiro atoms. The maximum Gasteiger partial charge on any atom is 1.00 e. The fraction of sp³-hybridized carbons (Fsp3) is 0.154. The summed E-state index contributed by atoms with van der Waals surface area (Å²) in [6, 6.07) is 8.25. The Morgan fingerprint density at radius 3 is 2.48 bits per heavy atom. The molecule has 0 heterocycles. The van der Waals surface area contributed by atoms with Crippen molar-refractivity contribution >= 4 is 16.0 Å². The van der Waals surface area contributed by atoms with Gasteiger partial charge in [0.05, 0.1) is 0 Å². The van der Waals surface area contributed by atoms with Gasteiger partial charge >= 0.3 is 29.6 Å². The van der Waals surface area contributed by atoms with E-state index in [1.54, 1.807) is 30.3 Å². The van der Waals surface area contributed by atoms with E-state index in [-0.39, 0.29) is 31.0 Å². The number of allylic oxidation sites excluding steroid dienone is 2. The number of amides is 1.